The second kappa shape index (κ2) is 9.55. The van der Waals surface area contributed by atoms with E-state index >= 15 is 0 Å². The number of imidazole rings is 1. The van der Waals surface area contributed by atoms with Gasteiger partial charge in [0.2, 0.25) is 0 Å². The Labute approximate surface area is 209 Å². The Balaban J connectivity index is 1.46. The molecule has 18 nitrogen and oxygen atoms in total. The van der Waals surface area contributed by atoms with Crippen LogP contribution in [0.25, 0.3) is 11.2 Å². The smallest absolute Gasteiger partial charge is 0.394 e. The summed E-state index contributed by atoms with van der Waals surface area (Å²) in [6.45, 7) is -1.37. The van der Waals surface area contributed by atoms with Crippen LogP contribution in [0.1, 0.15) is 6.23 Å². The molecule has 1 unspecified atom stereocenters. The zero-order valence-corrected chi connectivity index (χ0v) is 21.1. The van der Waals surface area contributed by atoms with Crippen LogP contribution >= 0.6 is 31.6 Å². The van der Waals surface area contributed by atoms with Crippen molar-refractivity contribution in [2.75, 3.05) is 18.9 Å². The number of nitrogens with zero attached hydrogens (tertiary/aromatic N) is 4. The van der Waals surface area contributed by atoms with E-state index in [1.807, 2.05) is 0 Å². The van der Waals surface area contributed by atoms with E-state index in [2.05, 4.69) is 35.2 Å². The van der Waals surface area contributed by atoms with Crippen molar-refractivity contribution in [3.05, 3.63) is 11.1 Å². The molecule has 3 aliphatic rings. The van der Waals surface area contributed by atoms with E-state index in [0.717, 1.165) is 6.33 Å². The predicted molar refractivity (Wildman–Crippen MR) is 116 cm³/mol. The molecule has 0 spiro atoms. The molecule has 0 aromatic carbocycles. The fraction of sp³-hybridized carbons (Fsp3) is 0.667. The highest BCUT2D eigenvalue weighted by Gasteiger charge is 2.56. The summed E-state index contributed by atoms with van der Waals surface area (Å²) in [5.74, 6) is 0.0450. The number of hydrogen-bond donors (Lipinski definition) is 6. The number of hydrogen-bond acceptors (Lipinski definition) is 16. The van der Waals surface area contributed by atoms with E-state index < -0.39 is 78.0 Å². The van der Waals surface area contributed by atoms with Crippen LogP contribution in [0, 0.1) is 0 Å². The summed E-state index contributed by atoms with van der Waals surface area (Å²) < 4.78 is 57.8. The maximum absolute atomic E-state index is 13.4. The first-order chi connectivity index (χ1) is 16.9. The molecule has 3 saturated heterocycles. The third-order valence-electron chi connectivity index (χ3n) is 5.61. The molecule has 0 aliphatic carbocycles. The lowest BCUT2D eigenvalue weighted by Crippen LogP contribution is -2.38. The van der Waals surface area contributed by atoms with Gasteiger partial charge in [-0.1, -0.05) is 0 Å². The monoisotopic (exact) mass is 619 g/mol. The number of rotatable bonds is 4. The van der Waals surface area contributed by atoms with E-state index in [4.69, 9.17) is 28.8 Å². The molecular formula is C15H20BrN5O13P2. The average molecular weight is 620 g/mol. The molecule has 0 bridgehead atoms. The summed E-state index contributed by atoms with van der Waals surface area (Å²) in [6, 6.07) is 0. The van der Waals surface area contributed by atoms with Gasteiger partial charge in [-0.2, -0.15) is 4.31 Å². The van der Waals surface area contributed by atoms with Crippen molar-refractivity contribution in [3.63, 3.8) is 0 Å². The van der Waals surface area contributed by atoms with Gasteiger partial charge in [-0.3, -0.25) is 18.1 Å². The largest absolute Gasteiger partial charge is 0.486 e. The maximum Gasteiger partial charge on any atom is 0.486 e. The van der Waals surface area contributed by atoms with Crippen LogP contribution in [0.5, 0.6) is 0 Å². The van der Waals surface area contributed by atoms with Gasteiger partial charge in [-0.25, -0.2) is 24.1 Å². The van der Waals surface area contributed by atoms with Crippen LogP contribution in [0.3, 0.4) is 0 Å². The SMILES string of the molecule is Nc1ncnc2c1nc(Br)n2[C@@H]1O[C@@H]2COP(=O)(O)O[P@](=O)(O[C@@H]3O[C@H](CO)[C@@H](O)[C@H]3O)O[C@H]2[C@H]1O. The molecule has 36 heavy (non-hydrogen) atoms. The number of anilines is 1. The zero-order valence-electron chi connectivity index (χ0n) is 17.8. The van der Waals surface area contributed by atoms with Gasteiger partial charge in [-0.15, -0.1) is 0 Å². The number of ether oxygens (including phenoxy) is 2. The van der Waals surface area contributed by atoms with E-state index in [1.54, 1.807) is 0 Å². The molecule has 7 N–H and O–H groups in total. The van der Waals surface area contributed by atoms with Crippen LogP contribution in [-0.2, 0) is 36.5 Å². The molecule has 3 fully saturated rings. The molecular weight excluding hydrogens is 600 g/mol. The lowest BCUT2D eigenvalue weighted by Gasteiger charge is -2.30. The minimum Gasteiger partial charge on any atom is -0.394 e. The topological polar surface area (TPSA) is 260 Å². The molecule has 5 heterocycles. The second-order valence-corrected chi connectivity index (χ2v) is 11.8. The van der Waals surface area contributed by atoms with E-state index in [0.29, 0.717) is 0 Å². The van der Waals surface area contributed by atoms with Gasteiger partial charge >= 0.3 is 15.6 Å². The summed E-state index contributed by atoms with van der Waals surface area (Å²) >= 11 is 3.22. The first kappa shape index (κ1) is 26.5. The Bertz CT molecular complexity index is 1250. The third-order valence-corrected chi connectivity index (χ3v) is 9.24. The van der Waals surface area contributed by atoms with Crippen LogP contribution in [0.15, 0.2) is 11.1 Å². The molecule has 200 valence electrons. The fourth-order valence-electron chi connectivity index (χ4n) is 3.93. The summed E-state index contributed by atoms with van der Waals surface area (Å²) in [4.78, 5) is 22.1. The van der Waals surface area contributed by atoms with Crippen LogP contribution < -0.4 is 5.73 Å². The minimum atomic E-state index is -5.17. The molecule has 0 radical (unpaired) electrons. The molecule has 21 heteroatoms. The summed E-state index contributed by atoms with van der Waals surface area (Å²) in [5.41, 5.74) is 6.16. The van der Waals surface area contributed by atoms with Gasteiger partial charge in [0.15, 0.2) is 34.2 Å². The van der Waals surface area contributed by atoms with Gasteiger partial charge in [0.1, 0.15) is 43.0 Å². The Morgan fingerprint density at radius 2 is 1.94 bits per heavy atom. The van der Waals surface area contributed by atoms with Crippen molar-refractivity contribution in [1.29, 1.82) is 0 Å². The summed E-state index contributed by atoms with van der Waals surface area (Å²) in [5, 5.41) is 40.3. The number of aromatic nitrogens is 4. The van der Waals surface area contributed by atoms with Crippen molar-refractivity contribution in [2.45, 2.75) is 49.1 Å². The number of aliphatic hydroxyl groups excluding tert-OH is 4. The highest BCUT2D eigenvalue weighted by Crippen LogP contribution is 2.67. The second-order valence-electron chi connectivity index (χ2n) is 7.91. The summed E-state index contributed by atoms with van der Waals surface area (Å²) in [7, 11) is -10.3. The quantitative estimate of drug-likeness (QED) is 0.168. The van der Waals surface area contributed by atoms with Gasteiger partial charge in [0.25, 0.3) is 0 Å². The highest BCUT2D eigenvalue weighted by atomic mass is 79.9. The number of nitrogens with two attached hydrogens (primary N) is 1. The highest BCUT2D eigenvalue weighted by molar-refractivity contribution is 9.10. The number of fused-ring (bicyclic) bond motifs is 2. The minimum absolute atomic E-state index is 0.0450. The van der Waals surface area contributed by atoms with Crippen molar-refractivity contribution in [3.8, 4) is 0 Å². The number of halogens is 1. The Hall–Kier alpha value is -1.15. The number of nitrogen functional groups attached to an aromatic ring is 1. The van der Waals surface area contributed by atoms with Crippen molar-refractivity contribution >= 4 is 48.6 Å². The molecule has 5 rings (SSSR count). The van der Waals surface area contributed by atoms with Crippen molar-refractivity contribution in [2.24, 2.45) is 0 Å². The van der Waals surface area contributed by atoms with Crippen LogP contribution in [-0.4, -0.2) is 101 Å². The first-order valence-corrected chi connectivity index (χ1v) is 13.9. The normalized spacial score (nSPS) is 43.4. The van der Waals surface area contributed by atoms with E-state index in [9.17, 15) is 34.4 Å². The Kier molecular flexibility index (Phi) is 7.02. The molecule has 2 aromatic rings. The summed E-state index contributed by atoms with van der Waals surface area (Å²) in [6.07, 6.45) is -11.3. The van der Waals surface area contributed by atoms with Crippen LogP contribution in [0.2, 0.25) is 0 Å². The van der Waals surface area contributed by atoms with Crippen molar-refractivity contribution in [1.82, 2.24) is 19.5 Å². The Morgan fingerprint density at radius 3 is 2.64 bits per heavy atom. The van der Waals surface area contributed by atoms with Gasteiger partial charge in [0.05, 0.1) is 13.2 Å². The molecule has 3 aliphatic heterocycles. The lowest BCUT2D eigenvalue weighted by atomic mass is 10.1. The molecule has 10 atom stereocenters. The average Bonchev–Trinajstić information content (AvgIpc) is 3.38. The molecule has 2 aromatic heterocycles. The third kappa shape index (κ3) is 4.63. The first-order valence-electron chi connectivity index (χ1n) is 10.2. The molecule has 0 amide bonds. The Morgan fingerprint density at radius 1 is 1.19 bits per heavy atom. The van der Waals surface area contributed by atoms with Crippen molar-refractivity contribution < 1.29 is 61.8 Å². The van der Waals surface area contributed by atoms with Gasteiger partial charge in [0, 0.05) is 0 Å². The molecule has 0 saturated carbocycles. The zero-order chi connectivity index (χ0) is 26.0. The number of aliphatic hydroxyl groups is 4. The lowest BCUT2D eigenvalue weighted by molar-refractivity contribution is -0.135. The van der Waals surface area contributed by atoms with Crippen LogP contribution in [0.4, 0.5) is 5.82 Å². The van der Waals surface area contributed by atoms with Gasteiger partial charge in [-0.05, 0) is 15.9 Å². The van der Waals surface area contributed by atoms with E-state index in [-0.39, 0.29) is 21.7 Å². The fourth-order valence-corrected chi connectivity index (χ4v) is 7.36. The number of phosphoric acid groups is 2. The van der Waals surface area contributed by atoms with Gasteiger partial charge < -0.3 is 40.5 Å². The number of phosphoric ester groups is 2. The standard InChI is InChI=1S/C15H20BrN5O13P2/c16-15-20-6-11(17)18-3-19-12(6)21(15)13-9(25)10-5(30-13)2-29-35(26,27)34-36(28,32-10)33-14-8(24)7(23)4(1-22)31-14/h3-5,7-10,13-14,22-25H,1-2H2,(H,26,27)(H2,17,18,19)/t4-,5-,7-,8-,9-,10-,13-,14+,36+/m1/s1. The van der Waals surface area contributed by atoms with E-state index in [1.165, 1.54) is 4.57 Å². The predicted octanol–water partition coefficient (Wildman–Crippen LogP) is -1.47. The maximum atomic E-state index is 13.4.